The molecular formula is C15H18FN3O2. The Morgan fingerprint density at radius 3 is 2.81 bits per heavy atom. The Balaban J connectivity index is 2.26. The molecule has 0 unspecified atom stereocenters. The number of aromatic nitrogens is 2. The van der Waals surface area contributed by atoms with Gasteiger partial charge < -0.3 is 10.1 Å². The van der Waals surface area contributed by atoms with Crippen molar-refractivity contribution in [2.75, 3.05) is 12.4 Å². The molecule has 0 aliphatic rings. The monoisotopic (exact) mass is 291 g/mol. The van der Waals surface area contributed by atoms with Gasteiger partial charge in [-0.05, 0) is 19.9 Å². The van der Waals surface area contributed by atoms with Crippen molar-refractivity contribution in [2.24, 2.45) is 0 Å². The van der Waals surface area contributed by atoms with Crippen LogP contribution in [-0.2, 0) is 6.54 Å². The first-order valence-corrected chi connectivity index (χ1v) is 6.66. The van der Waals surface area contributed by atoms with E-state index in [2.05, 4.69) is 10.4 Å². The van der Waals surface area contributed by atoms with E-state index < -0.39 is 5.82 Å². The normalized spacial score (nSPS) is 10.7. The number of nitrogens with zero attached hydrogens (tertiary/aromatic N) is 2. The van der Waals surface area contributed by atoms with Gasteiger partial charge in [-0.1, -0.05) is 12.1 Å². The maximum Gasteiger partial charge on any atom is 0.269 e. The Kier molecular flexibility index (Phi) is 4.57. The molecule has 0 amide bonds. The molecular weight excluding hydrogens is 273 g/mol. The van der Waals surface area contributed by atoms with Gasteiger partial charge in [0.25, 0.3) is 5.56 Å². The van der Waals surface area contributed by atoms with Crippen molar-refractivity contribution in [3.8, 4) is 5.75 Å². The first-order valence-electron chi connectivity index (χ1n) is 6.66. The van der Waals surface area contributed by atoms with Crippen LogP contribution in [-0.4, -0.2) is 22.9 Å². The van der Waals surface area contributed by atoms with E-state index >= 15 is 0 Å². The summed E-state index contributed by atoms with van der Waals surface area (Å²) >= 11 is 0. The van der Waals surface area contributed by atoms with Crippen molar-refractivity contribution in [3.63, 3.8) is 0 Å². The highest BCUT2D eigenvalue weighted by atomic mass is 19.1. The molecule has 0 radical (unpaired) electrons. The van der Waals surface area contributed by atoms with Gasteiger partial charge in [0.1, 0.15) is 0 Å². The smallest absolute Gasteiger partial charge is 0.269 e. The molecule has 2 aromatic rings. The van der Waals surface area contributed by atoms with Gasteiger partial charge in [-0.25, -0.2) is 9.07 Å². The molecule has 0 atom stereocenters. The molecule has 1 N–H and O–H groups in total. The third-order valence-electron chi connectivity index (χ3n) is 2.91. The zero-order valence-corrected chi connectivity index (χ0v) is 12.3. The van der Waals surface area contributed by atoms with Crippen LogP contribution >= 0.6 is 0 Å². The van der Waals surface area contributed by atoms with Crippen LogP contribution in [0.1, 0.15) is 19.4 Å². The van der Waals surface area contributed by atoms with Crippen molar-refractivity contribution in [2.45, 2.75) is 26.4 Å². The van der Waals surface area contributed by atoms with Crippen LogP contribution in [0, 0.1) is 5.82 Å². The molecule has 2 rings (SSSR count). The highest BCUT2D eigenvalue weighted by Crippen LogP contribution is 2.20. The van der Waals surface area contributed by atoms with Crippen molar-refractivity contribution >= 4 is 5.69 Å². The van der Waals surface area contributed by atoms with Crippen LogP contribution in [0.25, 0.3) is 0 Å². The Morgan fingerprint density at radius 1 is 1.43 bits per heavy atom. The van der Waals surface area contributed by atoms with E-state index in [0.717, 1.165) is 0 Å². The molecule has 6 heteroatoms. The molecule has 5 nitrogen and oxygen atoms in total. The first kappa shape index (κ1) is 15.0. The van der Waals surface area contributed by atoms with Gasteiger partial charge in [-0.15, -0.1) is 0 Å². The highest BCUT2D eigenvalue weighted by molar-refractivity contribution is 5.39. The van der Waals surface area contributed by atoms with Gasteiger partial charge in [0.15, 0.2) is 11.6 Å². The molecule has 0 aliphatic carbocycles. The molecule has 0 aliphatic heterocycles. The van der Waals surface area contributed by atoms with E-state index in [1.807, 2.05) is 13.8 Å². The minimum atomic E-state index is -0.474. The van der Waals surface area contributed by atoms with Gasteiger partial charge in [0, 0.05) is 17.7 Å². The molecule has 0 fully saturated rings. The minimum Gasteiger partial charge on any atom is -0.494 e. The molecule has 21 heavy (non-hydrogen) atoms. The van der Waals surface area contributed by atoms with Gasteiger partial charge in [0.2, 0.25) is 0 Å². The summed E-state index contributed by atoms with van der Waals surface area (Å²) in [6.07, 6.45) is 1.56. The summed E-state index contributed by atoms with van der Waals surface area (Å²) < 4.78 is 20.2. The number of halogens is 1. The van der Waals surface area contributed by atoms with Gasteiger partial charge >= 0.3 is 0 Å². The quantitative estimate of drug-likeness (QED) is 0.918. The van der Waals surface area contributed by atoms with Crippen LogP contribution in [0.3, 0.4) is 0 Å². The van der Waals surface area contributed by atoms with Crippen molar-refractivity contribution in [1.29, 1.82) is 0 Å². The predicted molar refractivity (Wildman–Crippen MR) is 79.3 cm³/mol. The van der Waals surface area contributed by atoms with Gasteiger partial charge in [-0.3, -0.25) is 4.79 Å². The summed E-state index contributed by atoms with van der Waals surface area (Å²) in [6, 6.07) is 6.47. The standard InChI is InChI=1S/C15H18FN3O2/c1-10(2)18-12-7-14(20)19(17-8-12)9-11-5-4-6-13(21-3)15(11)16/h4-8,10,18H,9H2,1-3H3. The Morgan fingerprint density at radius 2 is 2.19 bits per heavy atom. The molecule has 0 spiro atoms. The lowest BCUT2D eigenvalue weighted by Gasteiger charge is -2.11. The van der Waals surface area contributed by atoms with E-state index in [9.17, 15) is 9.18 Å². The van der Waals surface area contributed by atoms with E-state index in [-0.39, 0.29) is 23.9 Å². The number of nitrogens with one attached hydrogen (secondary N) is 1. The SMILES string of the molecule is COc1cccc(Cn2ncc(NC(C)C)cc2=O)c1F. The molecule has 1 aromatic carbocycles. The van der Waals surface area contributed by atoms with E-state index in [0.29, 0.717) is 11.3 Å². The zero-order valence-electron chi connectivity index (χ0n) is 12.3. The number of hydrogen-bond donors (Lipinski definition) is 1. The molecule has 0 saturated heterocycles. The summed E-state index contributed by atoms with van der Waals surface area (Å²) in [6.45, 7) is 4.00. The second-order valence-electron chi connectivity index (χ2n) is 4.97. The third-order valence-corrected chi connectivity index (χ3v) is 2.91. The Bertz CT molecular complexity index is 683. The predicted octanol–water partition coefficient (Wildman–Crippen LogP) is 2.26. The fourth-order valence-corrected chi connectivity index (χ4v) is 1.96. The first-order chi connectivity index (χ1) is 10.0. The van der Waals surface area contributed by atoms with Crippen molar-refractivity contribution in [3.05, 3.63) is 52.2 Å². The second kappa shape index (κ2) is 6.39. The summed E-state index contributed by atoms with van der Waals surface area (Å²) in [4.78, 5) is 12.0. The summed E-state index contributed by atoms with van der Waals surface area (Å²) in [5.74, 6) is -0.322. The molecule has 1 aromatic heterocycles. The van der Waals surface area contributed by atoms with Gasteiger partial charge in [-0.2, -0.15) is 5.10 Å². The van der Waals surface area contributed by atoms with Crippen molar-refractivity contribution < 1.29 is 9.13 Å². The van der Waals surface area contributed by atoms with E-state index in [4.69, 9.17) is 4.74 Å². The second-order valence-corrected chi connectivity index (χ2v) is 4.97. The van der Waals surface area contributed by atoms with E-state index in [1.165, 1.54) is 23.9 Å². The lowest BCUT2D eigenvalue weighted by atomic mass is 10.2. The number of rotatable bonds is 5. The maximum atomic E-state index is 14.1. The summed E-state index contributed by atoms with van der Waals surface area (Å²) in [7, 11) is 1.40. The summed E-state index contributed by atoms with van der Waals surface area (Å²) in [5.41, 5.74) is 0.716. The molecule has 1 heterocycles. The average molecular weight is 291 g/mol. The topological polar surface area (TPSA) is 56.1 Å². The number of benzene rings is 1. The largest absolute Gasteiger partial charge is 0.494 e. The minimum absolute atomic E-state index is 0.0594. The molecule has 0 saturated carbocycles. The van der Waals surface area contributed by atoms with Crippen LogP contribution in [0.2, 0.25) is 0 Å². The Hall–Kier alpha value is -2.37. The molecule has 112 valence electrons. The Labute approximate surface area is 122 Å². The van der Waals surface area contributed by atoms with Gasteiger partial charge in [0.05, 0.1) is 25.5 Å². The number of methoxy groups -OCH3 is 1. The average Bonchev–Trinajstić information content (AvgIpc) is 2.43. The van der Waals surface area contributed by atoms with Crippen LogP contribution < -0.4 is 15.6 Å². The zero-order chi connectivity index (χ0) is 15.4. The third kappa shape index (κ3) is 3.59. The lowest BCUT2D eigenvalue weighted by molar-refractivity contribution is 0.383. The number of hydrogen-bond acceptors (Lipinski definition) is 4. The lowest BCUT2D eigenvalue weighted by Crippen LogP contribution is -2.24. The van der Waals surface area contributed by atoms with Crippen molar-refractivity contribution in [1.82, 2.24) is 9.78 Å². The maximum absolute atomic E-state index is 14.1. The molecule has 0 bridgehead atoms. The van der Waals surface area contributed by atoms with Crippen LogP contribution in [0.4, 0.5) is 10.1 Å². The fourth-order valence-electron chi connectivity index (χ4n) is 1.96. The number of anilines is 1. The van der Waals surface area contributed by atoms with Crippen LogP contribution in [0.5, 0.6) is 5.75 Å². The fraction of sp³-hybridized carbons (Fsp3) is 0.333. The van der Waals surface area contributed by atoms with E-state index in [1.54, 1.807) is 18.3 Å². The summed E-state index contributed by atoms with van der Waals surface area (Å²) in [5, 5.41) is 7.15. The number of ether oxygens (including phenoxy) is 1. The highest BCUT2D eigenvalue weighted by Gasteiger charge is 2.10. The van der Waals surface area contributed by atoms with Crippen LogP contribution in [0.15, 0.2) is 35.3 Å².